The van der Waals surface area contributed by atoms with Crippen LogP contribution in [0.25, 0.3) is 0 Å². The molecular weight excluding hydrogens is 306 g/mol. The van der Waals surface area contributed by atoms with Gasteiger partial charge in [-0.2, -0.15) is 0 Å². The second-order valence-electron chi connectivity index (χ2n) is 5.70. The quantitative estimate of drug-likeness (QED) is 0.939. The van der Waals surface area contributed by atoms with Crippen LogP contribution in [0.5, 0.6) is 5.75 Å². The van der Waals surface area contributed by atoms with Gasteiger partial charge in [0, 0.05) is 30.6 Å². The fourth-order valence-electron chi connectivity index (χ4n) is 2.86. The van der Waals surface area contributed by atoms with Gasteiger partial charge in [-0.15, -0.1) is 0 Å². The third-order valence-electron chi connectivity index (χ3n) is 4.09. The summed E-state index contributed by atoms with van der Waals surface area (Å²) in [7, 11) is 0. The number of aliphatic imine (C=N–C) groups is 1. The maximum atomic E-state index is 12.4. The van der Waals surface area contributed by atoms with Crippen molar-refractivity contribution in [2.24, 2.45) is 4.99 Å². The summed E-state index contributed by atoms with van der Waals surface area (Å²) in [5.41, 5.74) is 1.53. The normalized spacial score (nSPS) is 15.8. The van der Waals surface area contributed by atoms with Gasteiger partial charge in [0.05, 0.1) is 0 Å². The van der Waals surface area contributed by atoms with E-state index in [1.165, 1.54) is 6.33 Å². The van der Waals surface area contributed by atoms with E-state index in [4.69, 9.17) is 4.74 Å². The SMILES string of the molecule is O=C(c1ccc(Nc2ncnc3c2OCC=N3)cc1)N1CCCC1. The van der Waals surface area contributed by atoms with Gasteiger partial charge in [-0.1, -0.05) is 0 Å². The number of amides is 1. The minimum Gasteiger partial charge on any atom is -0.481 e. The number of anilines is 2. The van der Waals surface area contributed by atoms with Crippen molar-refractivity contribution < 1.29 is 9.53 Å². The van der Waals surface area contributed by atoms with E-state index in [1.807, 2.05) is 29.2 Å². The topological polar surface area (TPSA) is 79.7 Å². The van der Waals surface area contributed by atoms with Gasteiger partial charge in [-0.25, -0.2) is 15.0 Å². The van der Waals surface area contributed by atoms with Crippen LogP contribution in [0.1, 0.15) is 23.2 Å². The first-order valence-corrected chi connectivity index (χ1v) is 7.98. The highest BCUT2D eigenvalue weighted by Gasteiger charge is 2.19. The highest BCUT2D eigenvalue weighted by Crippen LogP contribution is 2.34. The highest BCUT2D eigenvalue weighted by atomic mass is 16.5. The standard InChI is InChI=1S/C17H17N5O2/c23-17(22-8-1-2-9-22)12-3-5-13(6-4-12)21-16-14-15(19-11-20-16)18-7-10-24-14/h3-7,11H,1-2,8-10H2,(H,19,20,21). The molecule has 122 valence electrons. The van der Waals surface area contributed by atoms with Crippen molar-refractivity contribution in [2.75, 3.05) is 25.0 Å². The molecule has 3 heterocycles. The first kappa shape index (κ1) is 14.6. The third-order valence-corrected chi connectivity index (χ3v) is 4.09. The van der Waals surface area contributed by atoms with Crippen molar-refractivity contribution in [3.8, 4) is 5.75 Å². The van der Waals surface area contributed by atoms with E-state index in [0.29, 0.717) is 29.6 Å². The van der Waals surface area contributed by atoms with Crippen molar-refractivity contribution in [1.82, 2.24) is 14.9 Å². The Hall–Kier alpha value is -2.96. The monoisotopic (exact) mass is 323 g/mol. The van der Waals surface area contributed by atoms with Crippen LogP contribution in [0.15, 0.2) is 35.6 Å². The molecule has 1 aromatic heterocycles. The van der Waals surface area contributed by atoms with E-state index in [-0.39, 0.29) is 5.91 Å². The van der Waals surface area contributed by atoms with Crippen molar-refractivity contribution in [1.29, 1.82) is 0 Å². The van der Waals surface area contributed by atoms with Gasteiger partial charge in [-0.3, -0.25) is 4.79 Å². The van der Waals surface area contributed by atoms with Crippen LogP contribution in [0.4, 0.5) is 17.3 Å². The van der Waals surface area contributed by atoms with Gasteiger partial charge >= 0.3 is 0 Å². The number of nitrogens with one attached hydrogen (secondary N) is 1. The minimum absolute atomic E-state index is 0.0936. The van der Waals surface area contributed by atoms with Crippen LogP contribution in [-0.2, 0) is 0 Å². The molecule has 0 saturated carbocycles. The summed E-state index contributed by atoms with van der Waals surface area (Å²) < 4.78 is 5.56. The summed E-state index contributed by atoms with van der Waals surface area (Å²) in [5.74, 6) is 1.71. The number of nitrogens with zero attached hydrogens (tertiary/aromatic N) is 4. The van der Waals surface area contributed by atoms with E-state index in [9.17, 15) is 4.79 Å². The number of hydrogen-bond acceptors (Lipinski definition) is 6. The third kappa shape index (κ3) is 2.80. The summed E-state index contributed by atoms with van der Waals surface area (Å²) in [6.07, 6.45) is 5.29. The molecule has 0 spiro atoms. The number of carbonyl (C=O) groups is 1. The van der Waals surface area contributed by atoms with Gasteiger partial charge in [0.2, 0.25) is 5.75 Å². The highest BCUT2D eigenvalue weighted by molar-refractivity contribution is 5.94. The fourth-order valence-corrected chi connectivity index (χ4v) is 2.86. The van der Waals surface area contributed by atoms with Gasteiger partial charge in [0.1, 0.15) is 12.9 Å². The van der Waals surface area contributed by atoms with Gasteiger partial charge in [0.15, 0.2) is 11.6 Å². The molecule has 0 bridgehead atoms. The molecule has 2 aliphatic rings. The Morgan fingerprint density at radius 2 is 1.92 bits per heavy atom. The zero-order chi connectivity index (χ0) is 16.4. The fraction of sp³-hybridized carbons (Fsp3) is 0.294. The van der Waals surface area contributed by atoms with E-state index in [0.717, 1.165) is 31.6 Å². The molecule has 24 heavy (non-hydrogen) atoms. The molecule has 0 unspecified atom stereocenters. The van der Waals surface area contributed by atoms with Gasteiger partial charge in [0.25, 0.3) is 5.91 Å². The van der Waals surface area contributed by atoms with Crippen molar-refractivity contribution in [3.05, 3.63) is 36.2 Å². The average molecular weight is 323 g/mol. The van der Waals surface area contributed by atoms with E-state index >= 15 is 0 Å². The number of likely N-dealkylation sites (tertiary alicyclic amines) is 1. The first-order valence-electron chi connectivity index (χ1n) is 7.98. The molecule has 2 aliphatic heterocycles. The summed E-state index contributed by atoms with van der Waals surface area (Å²) in [5, 5.41) is 3.19. The number of carbonyl (C=O) groups excluding carboxylic acids is 1. The van der Waals surface area contributed by atoms with Crippen molar-refractivity contribution >= 4 is 29.4 Å². The van der Waals surface area contributed by atoms with Gasteiger partial charge in [-0.05, 0) is 37.1 Å². The van der Waals surface area contributed by atoms with Crippen LogP contribution in [0.3, 0.4) is 0 Å². The number of aromatic nitrogens is 2. The Morgan fingerprint density at radius 1 is 1.12 bits per heavy atom. The van der Waals surface area contributed by atoms with Gasteiger partial charge < -0.3 is 15.0 Å². The Balaban J connectivity index is 1.52. The summed E-state index contributed by atoms with van der Waals surface area (Å²) in [4.78, 5) is 26.7. The molecule has 0 atom stereocenters. The Bertz CT molecular complexity index is 782. The predicted octanol–water partition coefficient (Wildman–Crippen LogP) is 2.55. The Morgan fingerprint density at radius 3 is 2.71 bits per heavy atom. The lowest BCUT2D eigenvalue weighted by molar-refractivity contribution is 0.0793. The lowest BCUT2D eigenvalue weighted by Crippen LogP contribution is -2.27. The molecule has 1 N–H and O–H groups in total. The predicted molar refractivity (Wildman–Crippen MR) is 90.5 cm³/mol. The smallest absolute Gasteiger partial charge is 0.253 e. The first-order chi connectivity index (χ1) is 11.8. The zero-order valence-electron chi connectivity index (χ0n) is 13.1. The van der Waals surface area contributed by atoms with E-state index in [1.54, 1.807) is 6.21 Å². The lowest BCUT2D eigenvalue weighted by Gasteiger charge is -2.16. The molecule has 1 fully saturated rings. The van der Waals surface area contributed by atoms with Crippen LogP contribution >= 0.6 is 0 Å². The molecule has 2 aromatic rings. The van der Waals surface area contributed by atoms with E-state index in [2.05, 4.69) is 20.3 Å². The largest absolute Gasteiger partial charge is 0.481 e. The molecular formula is C17H17N5O2. The summed E-state index contributed by atoms with van der Waals surface area (Å²) in [6.45, 7) is 2.10. The number of hydrogen-bond donors (Lipinski definition) is 1. The number of ether oxygens (including phenoxy) is 1. The second-order valence-corrected chi connectivity index (χ2v) is 5.70. The lowest BCUT2D eigenvalue weighted by atomic mass is 10.2. The molecule has 7 heteroatoms. The van der Waals surface area contributed by atoms with Crippen LogP contribution in [0.2, 0.25) is 0 Å². The second kappa shape index (κ2) is 6.27. The summed E-state index contributed by atoms with van der Waals surface area (Å²) in [6, 6.07) is 7.39. The Labute approximate surface area is 139 Å². The van der Waals surface area contributed by atoms with Crippen LogP contribution < -0.4 is 10.1 Å². The van der Waals surface area contributed by atoms with Crippen LogP contribution in [-0.4, -0.2) is 46.7 Å². The molecule has 1 aromatic carbocycles. The minimum atomic E-state index is 0.0936. The molecule has 1 saturated heterocycles. The number of benzene rings is 1. The molecule has 0 aliphatic carbocycles. The zero-order valence-corrected chi connectivity index (χ0v) is 13.1. The molecule has 4 rings (SSSR count). The summed E-state index contributed by atoms with van der Waals surface area (Å²) >= 11 is 0. The molecule has 1 amide bonds. The number of fused-ring (bicyclic) bond motifs is 1. The van der Waals surface area contributed by atoms with Crippen molar-refractivity contribution in [2.45, 2.75) is 12.8 Å². The van der Waals surface area contributed by atoms with E-state index < -0.39 is 0 Å². The average Bonchev–Trinajstić information content (AvgIpc) is 3.17. The maximum absolute atomic E-state index is 12.4. The number of rotatable bonds is 3. The molecule has 7 nitrogen and oxygen atoms in total. The van der Waals surface area contributed by atoms with Crippen molar-refractivity contribution in [3.63, 3.8) is 0 Å². The van der Waals surface area contributed by atoms with Crippen LogP contribution in [0, 0.1) is 0 Å². The molecule has 0 radical (unpaired) electrons. The maximum Gasteiger partial charge on any atom is 0.253 e. The Kier molecular flexibility index (Phi) is 3.82.